The Morgan fingerprint density at radius 1 is 1.38 bits per heavy atom. The third-order valence-corrected chi connectivity index (χ3v) is 1.23. The maximum atomic E-state index is 4.14. The molecular formula is C6H12N2. The van der Waals surface area contributed by atoms with Crippen LogP contribution in [0.2, 0.25) is 0 Å². The van der Waals surface area contributed by atoms with Crippen molar-refractivity contribution in [2.24, 2.45) is 4.99 Å². The maximum absolute atomic E-state index is 4.14. The Morgan fingerprint density at radius 2 is 2.38 bits per heavy atom. The van der Waals surface area contributed by atoms with Gasteiger partial charge in [-0.05, 0) is 25.6 Å². The molecule has 0 radical (unpaired) electrons. The van der Waals surface area contributed by atoms with E-state index in [1.54, 1.807) is 0 Å². The lowest BCUT2D eigenvalue weighted by atomic mass is 10.3. The van der Waals surface area contributed by atoms with Gasteiger partial charge in [0.05, 0.1) is 6.54 Å². The molecule has 1 aliphatic rings. The van der Waals surface area contributed by atoms with Gasteiger partial charge < -0.3 is 5.32 Å². The van der Waals surface area contributed by atoms with E-state index in [1.165, 1.54) is 6.42 Å². The summed E-state index contributed by atoms with van der Waals surface area (Å²) in [5, 5.41) is 3.27. The zero-order chi connectivity index (χ0) is 5.66. The Bertz CT molecular complexity index is 68.6. The first-order chi connectivity index (χ1) is 4.00. The lowest BCUT2D eigenvalue weighted by Gasteiger charge is -2.02. The quantitative estimate of drug-likeness (QED) is 0.483. The summed E-state index contributed by atoms with van der Waals surface area (Å²) in [7, 11) is 0. The first kappa shape index (κ1) is 5.76. The average Bonchev–Trinajstić information content (AvgIpc) is 1.62. The van der Waals surface area contributed by atoms with Crippen molar-refractivity contribution in [1.29, 1.82) is 0 Å². The Kier molecular flexibility index (Phi) is 2.60. The third-order valence-electron chi connectivity index (χ3n) is 1.23. The number of nitrogens with one attached hydrogen (secondary N) is 1. The largest absolute Gasteiger partial charge is 0.315 e. The second kappa shape index (κ2) is 3.61. The van der Waals surface area contributed by atoms with Gasteiger partial charge in [-0.3, -0.25) is 4.99 Å². The molecule has 2 nitrogen and oxygen atoms in total. The zero-order valence-electron chi connectivity index (χ0n) is 5.06. The molecule has 0 aromatic rings. The molecule has 0 bridgehead atoms. The molecule has 0 aromatic carbocycles. The van der Waals surface area contributed by atoms with Crippen molar-refractivity contribution in [3.8, 4) is 0 Å². The van der Waals surface area contributed by atoms with Crippen LogP contribution < -0.4 is 5.32 Å². The van der Waals surface area contributed by atoms with E-state index in [-0.39, 0.29) is 0 Å². The highest BCUT2D eigenvalue weighted by atomic mass is 14.9. The van der Waals surface area contributed by atoms with Gasteiger partial charge in [-0.25, -0.2) is 0 Å². The van der Waals surface area contributed by atoms with Crippen LogP contribution in [0, 0.1) is 0 Å². The van der Waals surface area contributed by atoms with Crippen LogP contribution in [0.4, 0.5) is 0 Å². The molecular weight excluding hydrogens is 100 g/mol. The molecule has 0 saturated heterocycles. The van der Waals surface area contributed by atoms with Gasteiger partial charge in [0.2, 0.25) is 0 Å². The molecule has 1 heterocycles. The van der Waals surface area contributed by atoms with Crippen molar-refractivity contribution in [1.82, 2.24) is 5.32 Å². The Balaban J connectivity index is 2.17. The molecule has 1 N–H and O–H groups in total. The molecule has 0 amide bonds. The van der Waals surface area contributed by atoms with E-state index in [0.29, 0.717) is 0 Å². The first-order valence-corrected chi connectivity index (χ1v) is 3.19. The molecule has 0 saturated carbocycles. The summed E-state index contributed by atoms with van der Waals surface area (Å²) >= 11 is 0. The molecule has 1 rings (SSSR count). The van der Waals surface area contributed by atoms with Gasteiger partial charge >= 0.3 is 0 Å². The minimum atomic E-state index is 0.958. The summed E-state index contributed by atoms with van der Waals surface area (Å²) in [5.41, 5.74) is 0. The topological polar surface area (TPSA) is 24.4 Å². The monoisotopic (exact) mass is 112 g/mol. The van der Waals surface area contributed by atoms with Crippen molar-refractivity contribution in [2.75, 3.05) is 19.6 Å². The van der Waals surface area contributed by atoms with Gasteiger partial charge in [-0.2, -0.15) is 0 Å². The van der Waals surface area contributed by atoms with Crippen LogP contribution in [-0.4, -0.2) is 25.8 Å². The first-order valence-electron chi connectivity index (χ1n) is 3.19. The highest BCUT2D eigenvalue weighted by Gasteiger charge is 1.88. The summed E-state index contributed by atoms with van der Waals surface area (Å²) in [6, 6.07) is 0. The summed E-state index contributed by atoms with van der Waals surface area (Å²) in [6.07, 6.45) is 4.41. The molecule has 0 aromatic heterocycles. The fraction of sp³-hybridized carbons (Fsp3) is 0.833. The normalized spacial score (nSPS) is 22.0. The molecule has 0 atom stereocenters. The van der Waals surface area contributed by atoms with E-state index < -0.39 is 0 Å². The smallest absolute Gasteiger partial charge is 0.0510 e. The van der Waals surface area contributed by atoms with Crippen LogP contribution >= 0.6 is 0 Å². The standard InChI is InChI=1S/C6H12N2/c1-2-4-8-6-5-7-3-1/h3,8H,1-2,4-6H2. The molecule has 0 fully saturated rings. The van der Waals surface area contributed by atoms with Crippen molar-refractivity contribution >= 4 is 6.21 Å². The van der Waals surface area contributed by atoms with Gasteiger partial charge in [0.15, 0.2) is 0 Å². The van der Waals surface area contributed by atoms with Crippen LogP contribution in [0.1, 0.15) is 12.8 Å². The van der Waals surface area contributed by atoms with Crippen molar-refractivity contribution < 1.29 is 0 Å². The number of hydrogen-bond acceptors (Lipinski definition) is 2. The van der Waals surface area contributed by atoms with Crippen LogP contribution in [0.15, 0.2) is 4.99 Å². The zero-order valence-corrected chi connectivity index (χ0v) is 5.06. The molecule has 1 aliphatic heterocycles. The van der Waals surface area contributed by atoms with Gasteiger partial charge in [0.25, 0.3) is 0 Å². The van der Waals surface area contributed by atoms with Crippen molar-refractivity contribution in [3.05, 3.63) is 0 Å². The predicted octanol–water partition coefficient (Wildman–Crippen LogP) is 0.441. The molecule has 0 spiro atoms. The van der Waals surface area contributed by atoms with Gasteiger partial charge in [-0.15, -0.1) is 0 Å². The molecule has 46 valence electrons. The van der Waals surface area contributed by atoms with Crippen molar-refractivity contribution in [2.45, 2.75) is 12.8 Å². The average molecular weight is 112 g/mol. The van der Waals surface area contributed by atoms with Crippen LogP contribution in [-0.2, 0) is 0 Å². The van der Waals surface area contributed by atoms with Gasteiger partial charge in [0.1, 0.15) is 0 Å². The number of hydrogen-bond donors (Lipinski definition) is 1. The minimum Gasteiger partial charge on any atom is -0.315 e. The lowest BCUT2D eigenvalue weighted by Crippen LogP contribution is -2.20. The van der Waals surface area contributed by atoms with Crippen LogP contribution in [0.25, 0.3) is 0 Å². The van der Waals surface area contributed by atoms with E-state index in [4.69, 9.17) is 0 Å². The summed E-state index contributed by atoms with van der Waals surface area (Å²) in [4.78, 5) is 4.14. The number of nitrogens with zero attached hydrogens (tertiary/aromatic N) is 1. The van der Waals surface area contributed by atoms with Crippen LogP contribution in [0.5, 0.6) is 0 Å². The number of rotatable bonds is 0. The van der Waals surface area contributed by atoms with Crippen molar-refractivity contribution in [3.63, 3.8) is 0 Å². The summed E-state index contributed by atoms with van der Waals surface area (Å²) < 4.78 is 0. The Morgan fingerprint density at radius 3 is 3.38 bits per heavy atom. The molecule has 2 heteroatoms. The predicted molar refractivity (Wildman–Crippen MR) is 35.5 cm³/mol. The van der Waals surface area contributed by atoms with E-state index >= 15 is 0 Å². The van der Waals surface area contributed by atoms with E-state index in [0.717, 1.165) is 26.1 Å². The molecule has 0 unspecified atom stereocenters. The fourth-order valence-corrected chi connectivity index (χ4v) is 0.770. The maximum Gasteiger partial charge on any atom is 0.0510 e. The van der Waals surface area contributed by atoms with Crippen LogP contribution in [0.3, 0.4) is 0 Å². The number of aliphatic imine (C=N–C) groups is 1. The second-order valence-electron chi connectivity index (χ2n) is 1.98. The van der Waals surface area contributed by atoms with E-state index in [2.05, 4.69) is 10.3 Å². The highest BCUT2D eigenvalue weighted by Crippen LogP contribution is 1.85. The van der Waals surface area contributed by atoms with E-state index in [1.807, 2.05) is 6.21 Å². The third kappa shape index (κ3) is 2.07. The highest BCUT2D eigenvalue weighted by molar-refractivity contribution is 5.57. The Labute approximate surface area is 50.0 Å². The molecule has 8 heavy (non-hydrogen) atoms. The fourth-order valence-electron chi connectivity index (χ4n) is 0.770. The lowest BCUT2D eigenvalue weighted by molar-refractivity contribution is 0.655. The minimum absolute atomic E-state index is 0.958. The van der Waals surface area contributed by atoms with E-state index in [9.17, 15) is 0 Å². The van der Waals surface area contributed by atoms with Gasteiger partial charge in [-0.1, -0.05) is 0 Å². The second-order valence-corrected chi connectivity index (χ2v) is 1.98. The van der Waals surface area contributed by atoms with Gasteiger partial charge in [0, 0.05) is 6.54 Å². The SMILES string of the molecule is C1=NCCNCCC1. The molecule has 0 aliphatic carbocycles. The summed E-state index contributed by atoms with van der Waals surface area (Å²) in [5.74, 6) is 0. The summed E-state index contributed by atoms with van der Waals surface area (Å²) in [6.45, 7) is 3.17. The Hall–Kier alpha value is -0.370.